The van der Waals surface area contributed by atoms with Gasteiger partial charge in [0, 0.05) is 25.4 Å². The third kappa shape index (κ3) is 3.47. The lowest BCUT2D eigenvalue weighted by Crippen LogP contribution is -2.33. The molecular formula is C14H20N2O. The van der Waals surface area contributed by atoms with Gasteiger partial charge in [-0.15, -0.1) is 0 Å². The lowest BCUT2D eigenvalue weighted by atomic mass is 10.1. The van der Waals surface area contributed by atoms with Crippen molar-refractivity contribution in [2.45, 2.75) is 26.8 Å². The van der Waals surface area contributed by atoms with Crippen molar-refractivity contribution in [1.29, 1.82) is 5.26 Å². The van der Waals surface area contributed by atoms with Crippen LogP contribution < -0.4 is 4.90 Å². The molecule has 0 atom stereocenters. The smallest absolute Gasteiger partial charge is 0.0994 e. The number of anilines is 1. The van der Waals surface area contributed by atoms with Crippen LogP contribution in [0.2, 0.25) is 0 Å². The zero-order valence-electron chi connectivity index (χ0n) is 11.0. The molecule has 0 saturated carbocycles. The Hall–Kier alpha value is -1.53. The summed E-state index contributed by atoms with van der Waals surface area (Å²) in [6.07, 6.45) is 0. The minimum Gasteiger partial charge on any atom is -0.383 e. The van der Waals surface area contributed by atoms with Gasteiger partial charge in [-0.05, 0) is 44.5 Å². The van der Waals surface area contributed by atoms with E-state index in [2.05, 4.69) is 30.9 Å². The average Bonchev–Trinajstić information content (AvgIpc) is 2.29. The number of nitriles is 1. The van der Waals surface area contributed by atoms with Gasteiger partial charge in [0.2, 0.25) is 0 Å². The predicted molar refractivity (Wildman–Crippen MR) is 70.3 cm³/mol. The first kappa shape index (κ1) is 13.5. The summed E-state index contributed by atoms with van der Waals surface area (Å²) < 4.78 is 5.13. The molecule has 0 aliphatic rings. The lowest BCUT2D eigenvalue weighted by Gasteiger charge is -2.29. The van der Waals surface area contributed by atoms with E-state index in [4.69, 9.17) is 10.00 Å². The maximum atomic E-state index is 8.91. The van der Waals surface area contributed by atoms with Crippen LogP contribution in [0.25, 0.3) is 0 Å². The molecule has 0 bridgehead atoms. The van der Waals surface area contributed by atoms with Crippen LogP contribution >= 0.6 is 0 Å². The fourth-order valence-corrected chi connectivity index (χ4v) is 1.83. The molecule has 92 valence electrons. The second-order valence-electron chi connectivity index (χ2n) is 4.39. The second-order valence-corrected chi connectivity index (χ2v) is 4.39. The summed E-state index contributed by atoms with van der Waals surface area (Å²) in [4.78, 5) is 2.28. The number of methoxy groups -OCH3 is 1. The first-order valence-corrected chi connectivity index (χ1v) is 5.86. The number of rotatable bonds is 5. The number of hydrogen-bond donors (Lipinski definition) is 0. The van der Waals surface area contributed by atoms with E-state index >= 15 is 0 Å². The first-order valence-electron chi connectivity index (χ1n) is 5.86. The van der Waals surface area contributed by atoms with E-state index in [0.717, 1.165) is 23.4 Å². The topological polar surface area (TPSA) is 36.3 Å². The van der Waals surface area contributed by atoms with E-state index in [9.17, 15) is 0 Å². The van der Waals surface area contributed by atoms with Gasteiger partial charge in [0.25, 0.3) is 0 Å². The standard InChI is InChI=1S/C14H20N2O/c1-11(2)16(7-8-17-4)14-6-5-13(10-15)12(3)9-14/h5-6,9,11H,7-8H2,1-4H3. The van der Waals surface area contributed by atoms with Crippen LogP contribution in [0.1, 0.15) is 25.0 Å². The van der Waals surface area contributed by atoms with E-state index in [1.54, 1.807) is 7.11 Å². The number of ether oxygens (including phenoxy) is 1. The van der Waals surface area contributed by atoms with Gasteiger partial charge in [-0.3, -0.25) is 0 Å². The van der Waals surface area contributed by atoms with Gasteiger partial charge in [-0.1, -0.05) is 0 Å². The molecule has 0 radical (unpaired) electrons. The minimum absolute atomic E-state index is 0.414. The summed E-state index contributed by atoms with van der Waals surface area (Å²) in [7, 11) is 1.71. The molecule has 0 unspecified atom stereocenters. The Kier molecular flexibility index (Phi) is 4.99. The van der Waals surface area contributed by atoms with Gasteiger partial charge in [-0.25, -0.2) is 0 Å². The lowest BCUT2D eigenvalue weighted by molar-refractivity contribution is 0.204. The van der Waals surface area contributed by atoms with E-state index in [-0.39, 0.29) is 0 Å². The summed E-state index contributed by atoms with van der Waals surface area (Å²) in [5.74, 6) is 0. The van der Waals surface area contributed by atoms with Gasteiger partial charge in [0.15, 0.2) is 0 Å². The Balaban J connectivity index is 2.95. The normalized spacial score (nSPS) is 10.4. The fourth-order valence-electron chi connectivity index (χ4n) is 1.83. The van der Waals surface area contributed by atoms with Crippen LogP contribution in [0.15, 0.2) is 18.2 Å². The third-order valence-electron chi connectivity index (χ3n) is 2.82. The Morgan fingerprint density at radius 3 is 2.59 bits per heavy atom. The fraction of sp³-hybridized carbons (Fsp3) is 0.500. The van der Waals surface area contributed by atoms with Crippen LogP contribution in [0.3, 0.4) is 0 Å². The van der Waals surface area contributed by atoms with Crippen molar-refractivity contribution < 1.29 is 4.74 Å². The molecule has 1 aromatic carbocycles. The van der Waals surface area contributed by atoms with Crippen molar-refractivity contribution in [2.75, 3.05) is 25.2 Å². The van der Waals surface area contributed by atoms with Gasteiger partial charge in [0.05, 0.1) is 18.2 Å². The van der Waals surface area contributed by atoms with Crippen LogP contribution in [-0.2, 0) is 4.74 Å². The van der Waals surface area contributed by atoms with E-state index < -0.39 is 0 Å². The van der Waals surface area contributed by atoms with Crippen molar-refractivity contribution in [3.63, 3.8) is 0 Å². The second kappa shape index (κ2) is 6.27. The highest BCUT2D eigenvalue weighted by Crippen LogP contribution is 2.20. The number of benzene rings is 1. The van der Waals surface area contributed by atoms with E-state index in [1.165, 1.54) is 0 Å². The molecule has 3 heteroatoms. The van der Waals surface area contributed by atoms with Crippen LogP contribution in [-0.4, -0.2) is 26.3 Å². The quantitative estimate of drug-likeness (QED) is 0.783. The van der Waals surface area contributed by atoms with Crippen molar-refractivity contribution in [2.24, 2.45) is 0 Å². The molecule has 1 rings (SSSR count). The highest BCUT2D eigenvalue weighted by atomic mass is 16.5. The van der Waals surface area contributed by atoms with Gasteiger partial charge in [0.1, 0.15) is 0 Å². The average molecular weight is 232 g/mol. The van der Waals surface area contributed by atoms with E-state index in [0.29, 0.717) is 12.6 Å². The third-order valence-corrected chi connectivity index (χ3v) is 2.82. The highest BCUT2D eigenvalue weighted by Gasteiger charge is 2.11. The Morgan fingerprint density at radius 1 is 1.41 bits per heavy atom. The monoisotopic (exact) mass is 232 g/mol. The minimum atomic E-state index is 0.414. The van der Waals surface area contributed by atoms with Gasteiger partial charge >= 0.3 is 0 Å². The van der Waals surface area contributed by atoms with Crippen LogP contribution in [0.5, 0.6) is 0 Å². The predicted octanol–water partition coefficient (Wildman–Crippen LogP) is 2.73. The zero-order valence-corrected chi connectivity index (χ0v) is 11.0. The largest absolute Gasteiger partial charge is 0.383 e. The molecule has 0 aromatic heterocycles. The Morgan fingerprint density at radius 2 is 2.12 bits per heavy atom. The number of hydrogen-bond acceptors (Lipinski definition) is 3. The summed E-state index contributed by atoms with van der Waals surface area (Å²) in [6.45, 7) is 7.85. The Bertz CT molecular complexity index is 407. The molecule has 3 nitrogen and oxygen atoms in total. The van der Waals surface area contributed by atoms with Crippen molar-refractivity contribution >= 4 is 5.69 Å². The SMILES string of the molecule is COCCN(c1ccc(C#N)c(C)c1)C(C)C. The van der Waals surface area contributed by atoms with Crippen molar-refractivity contribution in [3.05, 3.63) is 29.3 Å². The molecule has 0 amide bonds. The summed E-state index contributed by atoms with van der Waals surface area (Å²) in [5.41, 5.74) is 2.91. The van der Waals surface area contributed by atoms with Crippen LogP contribution in [0.4, 0.5) is 5.69 Å². The summed E-state index contributed by atoms with van der Waals surface area (Å²) >= 11 is 0. The number of nitrogens with zero attached hydrogens (tertiary/aromatic N) is 2. The summed E-state index contributed by atoms with van der Waals surface area (Å²) in [6, 6.07) is 8.55. The maximum absolute atomic E-state index is 8.91. The molecule has 0 aliphatic carbocycles. The molecule has 0 spiro atoms. The molecule has 0 heterocycles. The first-order chi connectivity index (χ1) is 8.10. The number of aryl methyl sites for hydroxylation is 1. The molecule has 0 aliphatic heterocycles. The van der Waals surface area contributed by atoms with E-state index in [1.807, 2.05) is 19.1 Å². The van der Waals surface area contributed by atoms with Crippen LogP contribution in [0, 0.1) is 18.3 Å². The molecule has 0 N–H and O–H groups in total. The molecule has 17 heavy (non-hydrogen) atoms. The van der Waals surface area contributed by atoms with Crippen molar-refractivity contribution in [3.8, 4) is 6.07 Å². The molecule has 1 aromatic rings. The maximum Gasteiger partial charge on any atom is 0.0994 e. The molecular weight excluding hydrogens is 212 g/mol. The molecule has 0 fully saturated rings. The van der Waals surface area contributed by atoms with Crippen molar-refractivity contribution in [1.82, 2.24) is 0 Å². The zero-order chi connectivity index (χ0) is 12.8. The van der Waals surface area contributed by atoms with Gasteiger partial charge < -0.3 is 9.64 Å². The Labute approximate surface area is 104 Å². The highest BCUT2D eigenvalue weighted by molar-refractivity contribution is 5.54. The summed E-state index contributed by atoms with van der Waals surface area (Å²) in [5, 5.41) is 8.91. The van der Waals surface area contributed by atoms with Gasteiger partial charge in [-0.2, -0.15) is 5.26 Å². The molecule has 0 saturated heterocycles.